The molecule has 0 spiro atoms. The number of aromatic nitrogens is 3. The SMILES string of the molecule is CCC(CC)Cn1c(N)nc2c(C)ccnc21. The predicted molar refractivity (Wildman–Crippen MR) is 70.7 cm³/mol. The largest absolute Gasteiger partial charge is 0.369 e. The maximum atomic E-state index is 5.99. The Morgan fingerprint density at radius 2 is 2.06 bits per heavy atom. The number of imidazole rings is 1. The number of hydrogen-bond donors (Lipinski definition) is 1. The number of hydrogen-bond acceptors (Lipinski definition) is 3. The minimum Gasteiger partial charge on any atom is -0.369 e. The average molecular weight is 232 g/mol. The van der Waals surface area contributed by atoms with Crippen molar-refractivity contribution < 1.29 is 0 Å². The molecule has 4 heteroatoms. The maximum absolute atomic E-state index is 5.99. The summed E-state index contributed by atoms with van der Waals surface area (Å²) in [5.41, 5.74) is 8.96. The van der Waals surface area contributed by atoms with E-state index in [0.29, 0.717) is 11.9 Å². The van der Waals surface area contributed by atoms with Crippen LogP contribution in [0, 0.1) is 12.8 Å². The van der Waals surface area contributed by atoms with Crippen molar-refractivity contribution in [3.8, 4) is 0 Å². The van der Waals surface area contributed by atoms with Crippen LogP contribution in [0.1, 0.15) is 32.3 Å². The monoisotopic (exact) mass is 232 g/mol. The number of anilines is 1. The lowest BCUT2D eigenvalue weighted by atomic mass is 10.0. The van der Waals surface area contributed by atoms with Gasteiger partial charge in [0.15, 0.2) is 5.65 Å². The van der Waals surface area contributed by atoms with Crippen molar-refractivity contribution in [2.45, 2.75) is 40.2 Å². The van der Waals surface area contributed by atoms with Gasteiger partial charge in [-0.15, -0.1) is 0 Å². The summed E-state index contributed by atoms with van der Waals surface area (Å²) in [6.07, 6.45) is 4.13. The van der Waals surface area contributed by atoms with Crippen LogP contribution in [0.4, 0.5) is 5.95 Å². The van der Waals surface area contributed by atoms with Gasteiger partial charge in [-0.25, -0.2) is 9.97 Å². The second-order valence-corrected chi connectivity index (χ2v) is 4.56. The molecule has 2 heterocycles. The van der Waals surface area contributed by atoms with E-state index in [9.17, 15) is 0 Å². The quantitative estimate of drug-likeness (QED) is 0.881. The van der Waals surface area contributed by atoms with E-state index >= 15 is 0 Å². The van der Waals surface area contributed by atoms with Crippen molar-refractivity contribution in [1.82, 2.24) is 14.5 Å². The Kier molecular flexibility index (Phi) is 3.31. The summed E-state index contributed by atoms with van der Waals surface area (Å²) in [5.74, 6) is 1.21. The van der Waals surface area contributed by atoms with Crippen molar-refractivity contribution in [2.24, 2.45) is 5.92 Å². The third-order valence-corrected chi connectivity index (χ3v) is 3.46. The second-order valence-electron chi connectivity index (χ2n) is 4.56. The zero-order valence-corrected chi connectivity index (χ0v) is 10.8. The van der Waals surface area contributed by atoms with Crippen LogP contribution in [0.15, 0.2) is 12.3 Å². The summed E-state index contributed by atoms with van der Waals surface area (Å²) in [6.45, 7) is 7.37. The van der Waals surface area contributed by atoms with E-state index in [1.54, 1.807) is 0 Å². The van der Waals surface area contributed by atoms with Gasteiger partial charge in [-0.2, -0.15) is 0 Å². The van der Waals surface area contributed by atoms with Crippen molar-refractivity contribution in [1.29, 1.82) is 0 Å². The van der Waals surface area contributed by atoms with Crippen LogP contribution in [-0.4, -0.2) is 14.5 Å². The second kappa shape index (κ2) is 4.73. The molecule has 17 heavy (non-hydrogen) atoms. The molecule has 0 atom stereocenters. The molecule has 0 fully saturated rings. The Labute approximate surface area is 102 Å². The zero-order chi connectivity index (χ0) is 12.4. The van der Waals surface area contributed by atoms with Gasteiger partial charge in [0, 0.05) is 12.7 Å². The molecule has 0 amide bonds. The minimum absolute atomic E-state index is 0.578. The van der Waals surface area contributed by atoms with Gasteiger partial charge < -0.3 is 5.73 Å². The van der Waals surface area contributed by atoms with E-state index in [0.717, 1.165) is 36.1 Å². The van der Waals surface area contributed by atoms with Crippen LogP contribution >= 0.6 is 0 Å². The Balaban J connectivity index is 2.46. The molecule has 92 valence electrons. The van der Waals surface area contributed by atoms with E-state index in [1.807, 2.05) is 23.8 Å². The van der Waals surface area contributed by atoms with Crippen molar-refractivity contribution in [2.75, 3.05) is 5.73 Å². The third kappa shape index (κ3) is 2.12. The summed E-state index contributed by atoms with van der Waals surface area (Å²) in [7, 11) is 0. The van der Waals surface area contributed by atoms with Crippen LogP contribution in [0.3, 0.4) is 0 Å². The molecule has 2 rings (SSSR count). The Morgan fingerprint density at radius 3 is 2.71 bits per heavy atom. The molecular formula is C13H20N4. The number of aryl methyl sites for hydroxylation is 1. The lowest BCUT2D eigenvalue weighted by Crippen LogP contribution is -2.12. The number of fused-ring (bicyclic) bond motifs is 1. The first-order chi connectivity index (χ1) is 8.17. The lowest BCUT2D eigenvalue weighted by molar-refractivity contribution is 0.426. The highest BCUT2D eigenvalue weighted by atomic mass is 15.2. The molecule has 0 aliphatic rings. The Bertz CT molecular complexity index is 511. The van der Waals surface area contributed by atoms with E-state index < -0.39 is 0 Å². The minimum atomic E-state index is 0.578. The van der Waals surface area contributed by atoms with Gasteiger partial charge in [0.1, 0.15) is 5.52 Å². The number of nitrogens with two attached hydrogens (primary N) is 1. The highest BCUT2D eigenvalue weighted by molar-refractivity contribution is 5.77. The molecule has 4 nitrogen and oxygen atoms in total. The molecule has 0 saturated heterocycles. The summed E-state index contributed by atoms with van der Waals surface area (Å²) in [4.78, 5) is 8.82. The first-order valence-corrected chi connectivity index (χ1v) is 6.24. The first-order valence-electron chi connectivity index (χ1n) is 6.24. The normalized spacial score (nSPS) is 11.5. The van der Waals surface area contributed by atoms with Crippen LogP contribution in [-0.2, 0) is 6.54 Å². The molecule has 2 aromatic heterocycles. The molecule has 0 aromatic carbocycles. The third-order valence-electron chi connectivity index (χ3n) is 3.46. The number of pyridine rings is 1. The molecule has 0 bridgehead atoms. The zero-order valence-electron chi connectivity index (χ0n) is 10.8. The van der Waals surface area contributed by atoms with Crippen molar-refractivity contribution in [3.05, 3.63) is 17.8 Å². The van der Waals surface area contributed by atoms with E-state index in [2.05, 4.69) is 23.8 Å². The van der Waals surface area contributed by atoms with Gasteiger partial charge >= 0.3 is 0 Å². The standard InChI is InChI=1S/C13H20N4/c1-4-10(5-2)8-17-12-11(16-13(17)14)9(3)6-7-15-12/h6-7,10H,4-5,8H2,1-3H3,(H2,14,16). The van der Waals surface area contributed by atoms with Gasteiger partial charge in [0.2, 0.25) is 5.95 Å². The number of nitrogens with zero attached hydrogens (tertiary/aromatic N) is 3. The Hall–Kier alpha value is -1.58. The summed E-state index contributed by atoms with van der Waals surface area (Å²) < 4.78 is 2.04. The van der Waals surface area contributed by atoms with Gasteiger partial charge in [0.25, 0.3) is 0 Å². The first kappa shape index (κ1) is 11.9. The number of rotatable bonds is 4. The number of nitrogen functional groups attached to an aromatic ring is 1. The molecule has 0 radical (unpaired) electrons. The predicted octanol–water partition coefficient (Wildman–Crippen LogP) is 2.76. The van der Waals surface area contributed by atoms with Crippen molar-refractivity contribution in [3.63, 3.8) is 0 Å². The van der Waals surface area contributed by atoms with Crippen LogP contribution in [0.25, 0.3) is 11.2 Å². The maximum Gasteiger partial charge on any atom is 0.202 e. The molecule has 2 aromatic rings. The van der Waals surface area contributed by atoms with Crippen LogP contribution in [0.2, 0.25) is 0 Å². The highest BCUT2D eigenvalue weighted by Crippen LogP contribution is 2.21. The fourth-order valence-corrected chi connectivity index (χ4v) is 2.14. The lowest BCUT2D eigenvalue weighted by Gasteiger charge is -2.14. The van der Waals surface area contributed by atoms with E-state index in [1.165, 1.54) is 0 Å². The molecule has 0 aliphatic carbocycles. The van der Waals surface area contributed by atoms with Crippen LogP contribution in [0.5, 0.6) is 0 Å². The van der Waals surface area contributed by atoms with Gasteiger partial charge in [-0.3, -0.25) is 4.57 Å². The fourth-order valence-electron chi connectivity index (χ4n) is 2.14. The summed E-state index contributed by atoms with van der Waals surface area (Å²) >= 11 is 0. The van der Waals surface area contributed by atoms with Crippen molar-refractivity contribution >= 4 is 17.1 Å². The molecule has 0 aliphatic heterocycles. The molecule has 0 saturated carbocycles. The fraction of sp³-hybridized carbons (Fsp3) is 0.538. The topological polar surface area (TPSA) is 56.7 Å². The highest BCUT2D eigenvalue weighted by Gasteiger charge is 2.13. The summed E-state index contributed by atoms with van der Waals surface area (Å²) in [5, 5.41) is 0. The van der Waals surface area contributed by atoms with E-state index in [4.69, 9.17) is 5.73 Å². The van der Waals surface area contributed by atoms with Gasteiger partial charge in [0.05, 0.1) is 0 Å². The molecule has 0 unspecified atom stereocenters. The Morgan fingerprint density at radius 1 is 1.35 bits per heavy atom. The smallest absolute Gasteiger partial charge is 0.202 e. The van der Waals surface area contributed by atoms with Gasteiger partial charge in [-0.1, -0.05) is 26.7 Å². The molecular weight excluding hydrogens is 212 g/mol. The van der Waals surface area contributed by atoms with Gasteiger partial charge in [-0.05, 0) is 24.5 Å². The average Bonchev–Trinajstić information content (AvgIpc) is 2.64. The van der Waals surface area contributed by atoms with E-state index in [-0.39, 0.29) is 0 Å². The molecule has 2 N–H and O–H groups in total. The summed E-state index contributed by atoms with van der Waals surface area (Å²) in [6, 6.07) is 1.97. The van der Waals surface area contributed by atoms with Crippen LogP contribution < -0.4 is 5.73 Å².